The van der Waals surface area contributed by atoms with Crippen LogP contribution in [0.1, 0.15) is 0 Å². The number of halogens is 1. The van der Waals surface area contributed by atoms with Gasteiger partial charge in [0.1, 0.15) is 0 Å². The van der Waals surface area contributed by atoms with Crippen LogP contribution < -0.4 is 10.2 Å². The summed E-state index contributed by atoms with van der Waals surface area (Å²) >= 11 is 3.54. The summed E-state index contributed by atoms with van der Waals surface area (Å²) in [7, 11) is 2.18. The minimum atomic E-state index is 0.757. The van der Waals surface area contributed by atoms with Crippen molar-refractivity contribution in [3.8, 4) is 0 Å². The maximum absolute atomic E-state index is 4.80. The molecule has 3 heterocycles. The van der Waals surface area contributed by atoms with Gasteiger partial charge in [-0.05, 0) is 49.5 Å². The summed E-state index contributed by atoms with van der Waals surface area (Å²) in [4.78, 5) is 14.1. The number of piperazine rings is 1. The second-order valence-corrected chi connectivity index (χ2v) is 8.09. The Morgan fingerprint density at radius 1 is 1.00 bits per heavy atom. The van der Waals surface area contributed by atoms with Crippen LogP contribution in [0.5, 0.6) is 0 Å². The fourth-order valence-electron chi connectivity index (χ4n) is 3.67. The topological polar surface area (TPSA) is 48.7 Å². The number of rotatable bonds is 3. The van der Waals surface area contributed by atoms with E-state index in [2.05, 4.69) is 77.8 Å². The molecule has 0 spiro atoms. The van der Waals surface area contributed by atoms with Crippen molar-refractivity contribution >= 4 is 49.8 Å². The molecule has 0 aliphatic carbocycles. The molecule has 4 aromatic rings. The SMILES string of the molecule is CN1CCN(c2ccc(Nc3nc4ccc(Br)cc4n4ccnc34)cc2)CC1. The van der Waals surface area contributed by atoms with Gasteiger partial charge in [-0.25, -0.2) is 9.97 Å². The summed E-state index contributed by atoms with van der Waals surface area (Å²) in [5, 5.41) is 3.44. The molecule has 1 fully saturated rings. The van der Waals surface area contributed by atoms with Crippen LogP contribution in [0.2, 0.25) is 0 Å². The van der Waals surface area contributed by atoms with Crippen LogP contribution >= 0.6 is 15.9 Å². The zero-order chi connectivity index (χ0) is 19.1. The molecule has 2 aromatic carbocycles. The zero-order valence-corrected chi connectivity index (χ0v) is 17.2. The van der Waals surface area contributed by atoms with Crippen LogP contribution in [0.25, 0.3) is 16.7 Å². The molecular formula is C21H21BrN6. The molecule has 2 aromatic heterocycles. The number of nitrogens with one attached hydrogen (secondary N) is 1. The van der Waals surface area contributed by atoms with Crippen molar-refractivity contribution in [3.63, 3.8) is 0 Å². The third-order valence-corrected chi connectivity index (χ3v) is 5.77. The monoisotopic (exact) mass is 436 g/mol. The third-order valence-electron chi connectivity index (χ3n) is 5.28. The van der Waals surface area contributed by atoms with Gasteiger partial charge in [0, 0.05) is 54.4 Å². The molecule has 0 amide bonds. The van der Waals surface area contributed by atoms with E-state index in [1.54, 1.807) is 6.20 Å². The first-order valence-corrected chi connectivity index (χ1v) is 10.2. The largest absolute Gasteiger partial charge is 0.369 e. The summed E-state index contributed by atoms with van der Waals surface area (Å²) in [6, 6.07) is 14.7. The molecule has 1 aliphatic rings. The van der Waals surface area contributed by atoms with E-state index in [1.807, 2.05) is 18.3 Å². The van der Waals surface area contributed by atoms with Crippen molar-refractivity contribution in [2.75, 3.05) is 43.4 Å². The normalized spacial score (nSPS) is 15.4. The van der Waals surface area contributed by atoms with Gasteiger partial charge in [0.2, 0.25) is 0 Å². The maximum Gasteiger partial charge on any atom is 0.180 e. The van der Waals surface area contributed by atoms with Gasteiger partial charge in [0.25, 0.3) is 0 Å². The lowest BCUT2D eigenvalue weighted by molar-refractivity contribution is 0.313. The molecule has 28 heavy (non-hydrogen) atoms. The zero-order valence-electron chi connectivity index (χ0n) is 15.6. The van der Waals surface area contributed by atoms with Gasteiger partial charge in [-0.15, -0.1) is 0 Å². The van der Waals surface area contributed by atoms with E-state index >= 15 is 0 Å². The third kappa shape index (κ3) is 3.21. The highest BCUT2D eigenvalue weighted by molar-refractivity contribution is 9.10. The van der Waals surface area contributed by atoms with E-state index in [-0.39, 0.29) is 0 Å². The Kier molecular flexibility index (Phi) is 4.41. The van der Waals surface area contributed by atoms with Gasteiger partial charge in [0.05, 0.1) is 11.0 Å². The average molecular weight is 437 g/mol. The lowest BCUT2D eigenvalue weighted by Gasteiger charge is -2.34. The number of likely N-dealkylation sites (N-methyl/N-ethyl adjacent to an activating group) is 1. The Balaban J connectivity index is 1.45. The van der Waals surface area contributed by atoms with Gasteiger partial charge in [-0.2, -0.15) is 0 Å². The first kappa shape index (κ1) is 17.5. The van der Waals surface area contributed by atoms with Crippen molar-refractivity contribution in [3.05, 3.63) is 59.3 Å². The second kappa shape index (κ2) is 7.07. The molecule has 0 atom stereocenters. The molecule has 0 unspecified atom stereocenters. The van der Waals surface area contributed by atoms with E-state index in [4.69, 9.17) is 4.98 Å². The number of hydrogen-bond acceptors (Lipinski definition) is 5. The number of anilines is 3. The quantitative estimate of drug-likeness (QED) is 0.522. The van der Waals surface area contributed by atoms with Crippen LogP contribution in [-0.4, -0.2) is 52.5 Å². The van der Waals surface area contributed by atoms with E-state index in [0.29, 0.717) is 0 Å². The summed E-state index contributed by atoms with van der Waals surface area (Å²) in [5.41, 5.74) is 5.03. The van der Waals surface area contributed by atoms with Crippen LogP contribution in [0.3, 0.4) is 0 Å². The first-order valence-electron chi connectivity index (χ1n) is 9.40. The van der Waals surface area contributed by atoms with E-state index in [9.17, 15) is 0 Å². The predicted molar refractivity (Wildman–Crippen MR) is 118 cm³/mol. The van der Waals surface area contributed by atoms with Gasteiger partial charge < -0.3 is 15.1 Å². The second-order valence-electron chi connectivity index (χ2n) is 7.18. The molecule has 6 nitrogen and oxygen atoms in total. The van der Waals surface area contributed by atoms with Crippen molar-refractivity contribution in [1.29, 1.82) is 0 Å². The van der Waals surface area contributed by atoms with Gasteiger partial charge in [0.15, 0.2) is 11.5 Å². The molecule has 1 saturated heterocycles. The van der Waals surface area contributed by atoms with Gasteiger partial charge in [-0.3, -0.25) is 4.40 Å². The van der Waals surface area contributed by atoms with Crippen LogP contribution in [0.4, 0.5) is 17.2 Å². The van der Waals surface area contributed by atoms with Gasteiger partial charge >= 0.3 is 0 Å². The predicted octanol–water partition coefficient (Wildman–Crippen LogP) is 4.14. The van der Waals surface area contributed by atoms with Crippen molar-refractivity contribution in [2.24, 2.45) is 0 Å². The van der Waals surface area contributed by atoms with Crippen molar-refractivity contribution in [2.45, 2.75) is 0 Å². The number of hydrogen-bond donors (Lipinski definition) is 1. The summed E-state index contributed by atoms with van der Waals surface area (Å²) in [6.45, 7) is 4.35. The molecule has 0 saturated carbocycles. The summed E-state index contributed by atoms with van der Waals surface area (Å²) in [5.74, 6) is 0.757. The fourth-order valence-corrected chi connectivity index (χ4v) is 4.02. The lowest BCUT2D eigenvalue weighted by atomic mass is 10.2. The van der Waals surface area contributed by atoms with E-state index in [0.717, 1.165) is 58.8 Å². The molecule has 1 N–H and O–H groups in total. The average Bonchev–Trinajstić information content (AvgIpc) is 3.20. The fraction of sp³-hybridized carbons (Fsp3) is 0.238. The Labute approximate surface area is 171 Å². The maximum atomic E-state index is 4.80. The Hall–Kier alpha value is -2.64. The number of benzene rings is 2. The van der Waals surface area contributed by atoms with Crippen LogP contribution in [0.15, 0.2) is 59.3 Å². The van der Waals surface area contributed by atoms with E-state index in [1.165, 1.54) is 5.69 Å². The standard InChI is InChI=1S/C21H21BrN6/c1-26-10-12-27(13-11-26)17-5-3-16(4-6-17)24-20-21-23-8-9-28(21)19-14-15(22)2-7-18(19)25-20/h2-9,14H,10-13H2,1H3,(H,24,25). The highest BCUT2D eigenvalue weighted by atomic mass is 79.9. The summed E-state index contributed by atoms with van der Waals surface area (Å²) in [6.07, 6.45) is 3.77. The molecule has 1 aliphatic heterocycles. The number of aromatic nitrogens is 3. The number of fused-ring (bicyclic) bond motifs is 3. The Bertz CT molecular complexity index is 1130. The van der Waals surface area contributed by atoms with Crippen LogP contribution in [-0.2, 0) is 0 Å². The Morgan fingerprint density at radius 2 is 1.79 bits per heavy atom. The molecule has 142 valence electrons. The number of imidazole rings is 1. The molecule has 7 heteroatoms. The molecular weight excluding hydrogens is 416 g/mol. The molecule has 0 bridgehead atoms. The van der Waals surface area contributed by atoms with Gasteiger partial charge in [-0.1, -0.05) is 15.9 Å². The smallest absolute Gasteiger partial charge is 0.180 e. The molecule has 0 radical (unpaired) electrons. The van der Waals surface area contributed by atoms with E-state index < -0.39 is 0 Å². The Morgan fingerprint density at radius 3 is 2.57 bits per heavy atom. The highest BCUT2D eigenvalue weighted by Gasteiger charge is 2.14. The van der Waals surface area contributed by atoms with Crippen LogP contribution in [0, 0.1) is 0 Å². The van der Waals surface area contributed by atoms with Crippen molar-refractivity contribution < 1.29 is 0 Å². The van der Waals surface area contributed by atoms with Crippen molar-refractivity contribution in [1.82, 2.24) is 19.3 Å². The highest BCUT2D eigenvalue weighted by Crippen LogP contribution is 2.27. The first-order chi connectivity index (χ1) is 13.7. The minimum Gasteiger partial charge on any atom is -0.369 e. The number of nitrogens with zero attached hydrogens (tertiary/aromatic N) is 5. The molecule has 5 rings (SSSR count). The minimum absolute atomic E-state index is 0.757. The summed E-state index contributed by atoms with van der Waals surface area (Å²) < 4.78 is 3.09. The lowest BCUT2D eigenvalue weighted by Crippen LogP contribution is -2.44.